The monoisotopic (exact) mass is 392 g/mol. The summed E-state index contributed by atoms with van der Waals surface area (Å²) in [5, 5.41) is 21.3. The first-order valence-corrected chi connectivity index (χ1v) is 10.6. The smallest absolute Gasteiger partial charge is 0.168 e. The Bertz CT molecular complexity index is 773. The van der Waals surface area contributed by atoms with E-state index in [4.69, 9.17) is 9.47 Å². The van der Waals surface area contributed by atoms with Crippen LogP contribution in [0.5, 0.6) is 5.75 Å². The summed E-state index contributed by atoms with van der Waals surface area (Å²) in [6.07, 6.45) is 0.654. The van der Waals surface area contributed by atoms with Gasteiger partial charge in [-0.15, -0.1) is 23.1 Å². The summed E-state index contributed by atoms with van der Waals surface area (Å²) in [6, 6.07) is 10.3. The third-order valence-electron chi connectivity index (χ3n) is 5.12. The highest BCUT2D eigenvalue weighted by atomic mass is 32.2. The van der Waals surface area contributed by atoms with Gasteiger partial charge in [-0.2, -0.15) is 0 Å². The maximum Gasteiger partial charge on any atom is 0.168 e. The van der Waals surface area contributed by atoms with E-state index in [1.54, 1.807) is 30.2 Å². The van der Waals surface area contributed by atoms with Crippen LogP contribution in [0.2, 0.25) is 0 Å². The number of rotatable bonds is 3. The number of thioether (sulfide) groups is 1. The van der Waals surface area contributed by atoms with Gasteiger partial charge in [0.2, 0.25) is 0 Å². The number of ether oxygens (including phenoxy) is 2. The van der Waals surface area contributed by atoms with Crippen molar-refractivity contribution in [3.63, 3.8) is 0 Å². The Hall–Kier alpha value is -1.05. The maximum atomic E-state index is 10.8. The van der Waals surface area contributed by atoms with Crippen molar-refractivity contribution in [3.8, 4) is 5.75 Å². The predicted molar refractivity (Wildman–Crippen MR) is 105 cm³/mol. The van der Waals surface area contributed by atoms with Crippen molar-refractivity contribution in [2.75, 3.05) is 13.7 Å². The molecule has 1 aromatic heterocycles. The van der Waals surface area contributed by atoms with E-state index in [9.17, 15) is 10.2 Å². The second-order valence-corrected chi connectivity index (χ2v) is 9.88. The van der Waals surface area contributed by atoms with Gasteiger partial charge in [-0.05, 0) is 30.2 Å². The van der Waals surface area contributed by atoms with Crippen LogP contribution in [-0.2, 0) is 22.5 Å². The van der Waals surface area contributed by atoms with E-state index in [1.807, 2.05) is 12.1 Å². The van der Waals surface area contributed by atoms with Crippen LogP contribution in [0.15, 0.2) is 30.3 Å². The number of hydrogen-bond acceptors (Lipinski definition) is 6. The molecule has 2 aliphatic rings. The SMILES string of the molecule is COc1ccc(Cc2cc3c(s2)CCO[C@]32SC(C)CC(O)[C@H]2O)cc1. The van der Waals surface area contributed by atoms with Gasteiger partial charge in [0.15, 0.2) is 4.93 Å². The third-order valence-corrected chi connectivity index (χ3v) is 7.84. The first-order chi connectivity index (χ1) is 12.5. The lowest BCUT2D eigenvalue weighted by Crippen LogP contribution is -2.53. The Balaban J connectivity index is 1.64. The molecule has 4 nitrogen and oxygen atoms in total. The van der Waals surface area contributed by atoms with Crippen LogP contribution in [0, 0.1) is 0 Å². The molecule has 1 saturated heterocycles. The van der Waals surface area contributed by atoms with Gasteiger partial charge in [-0.25, -0.2) is 0 Å². The molecular formula is C20H24O4S2. The van der Waals surface area contributed by atoms with Crippen LogP contribution in [0.4, 0.5) is 0 Å². The minimum absolute atomic E-state index is 0.240. The summed E-state index contributed by atoms with van der Waals surface area (Å²) < 4.78 is 11.3. The van der Waals surface area contributed by atoms with Gasteiger partial charge in [-0.1, -0.05) is 19.1 Å². The number of fused-ring (bicyclic) bond motifs is 2. The molecule has 2 aliphatic heterocycles. The van der Waals surface area contributed by atoms with E-state index < -0.39 is 17.1 Å². The quantitative estimate of drug-likeness (QED) is 0.839. The number of methoxy groups -OCH3 is 1. The summed E-state index contributed by atoms with van der Waals surface area (Å²) in [6.45, 7) is 2.67. The van der Waals surface area contributed by atoms with E-state index in [1.165, 1.54) is 15.3 Å². The van der Waals surface area contributed by atoms with Crippen molar-refractivity contribution in [3.05, 3.63) is 51.2 Å². The Morgan fingerprint density at radius 1 is 1.27 bits per heavy atom. The molecule has 3 heterocycles. The normalized spacial score (nSPS) is 31.0. The molecule has 0 radical (unpaired) electrons. The number of aliphatic hydroxyl groups is 2. The molecule has 140 valence electrons. The Morgan fingerprint density at radius 3 is 2.77 bits per heavy atom. The van der Waals surface area contributed by atoms with Crippen LogP contribution in [0.3, 0.4) is 0 Å². The number of benzene rings is 1. The van der Waals surface area contributed by atoms with Crippen LogP contribution in [0.1, 0.15) is 34.2 Å². The van der Waals surface area contributed by atoms with E-state index in [0.717, 1.165) is 24.2 Å². The molecule has 1 aromatic carbocycles. The lowest BCUT2D eigenvalue weighted by Gasteiger charge is -2.47. The largest absolute Gasteiger partial charge is 0.497 e. The van der Waals surface area contributed by atoms with Gasteiger partial charge in [0.1, 0.15) is 11.9 Å². The van der Waals surface area contributed by atoms with Gasteiger partial charge >= 0.3 is 0 Å². The van der Waals surface area contributed by atoms with Crippen LogP contribution < -0.4 is 4.74 Å². The van der Waals surface area contributed by atoms with Gasteiger partial charge < -0.3 is 19.7 Å². The van der Waals surface area contributed by atoms with Crippen molar-refractivity contribution in [2.24, 2.45) is 0 Å². The Labute approximate surface area is 162 Å². The van der Waals surface area contributed by atoms with Crippen molar-refractivity contribution < 1.29 is 19.7 Å². The second-order valence-electron chi connectivity index (χ2n) is 7.02. The maximum absolute atomic E-state index is 10.8. The zero-order valence-electron chi connectivity index (χ0n) is 15.0. The average Bonchev–Trinajstić information content (AvgIpc) is 3.04. The molecule has 0 bridgehead atoms. The molecule has 4 atom stereocenters. The molecule has 0 amide bonds. The summed E-state index contributed by atoms with van der Waals surface area (Å²) in [4.78, 5) is 1.69. The zero-order valence-corrected chi connectivity index (χ0v) is 16.6. The number of thiophene rings is 1. The van der Waals surface area contributed by atoms with E-state index >= 15 is 0 Å². The zero-order chi connectivity index (χ0) is 18.3. The highest BCUT2D eigenvalue weighted by Crippen LogP contribution is 2.53. The van der Waals surface area contributed by atoms with Crippen LogP contribution in [-0.4, -0.2) is 41.4 Å². The highest BCUT2D eigenvalue weighted by Gasteiger charge is 2.52. The molecule has 6 heteroatoms. The minimum atomic E-state index is -0.897. The van der Waals surface area contributed by atoms with Gasteiger partial charge in [-0.3, -0.25) is 0 Å². The summed E-state index contributed by atoms with van der Waals surface area (Å²) >= 11 is 3.44. The molecule has 1 fully saturated rings. The summed E-state index contributed by atoms with van der Waals surface area (Å²) in [7, 11) is 1.67. The van der Waals surface area contributed by atoms with E-state index in [0.29, 0.717) is 13.0 Å². The van der Waals surface area contributed by atoms with Gasteiger partial charge in [0, 0.05) is 33.4 Å². The number of aliphatic hydroxyl groups excluding tert-OH is 2. The topological polar surface area (TPSA) is 58.9 Å². The average molecular weight is 393 g/mol. The lowest BCUT2D eigenvalue weighted by atomic mass is 9.93. The molecule has 2 aromatic rings. The van der Waals surface area contributed by atoms with Crippen LogP contribution >= 0.6 is 23.1 Å². The highest BCUT2D eigenvalue weighted by molar-refractivity contribution is 8.00. The van der Waals surface area contributed by atoms with Gasteiger partial charge in [0.25, 0.3) is 0 Å². The fourth-order valence-electron chi connectivity index (χ4n) is 3.85. The summed E-state index contributed by atoms with van der Waals surface area (Å²) in [5.74, 6) is 0.858. The fourth-order valence-corrected chi connectivity index (χ4v) is 6.80. The standard InChI is InChI=1S/C20H24O4S2/c1-12-9-17(21)19(22)20(26-12)16-11-15(25-18(16)7-8-24-20)10-13-3-5-14(23-2)6-4-13/h3-6,11-12,17,19,21-22H,7-10H2,1-2H3/t12?,17?,19-,20+/m1/s1. The second kappa shape index (κ2) is 7.17. The van der Waals surface area contributed by atoms with Crippen LogP contribution in [0.25, 0.3) is 0 Å². The van der Waals surface area contributed by atoms with Crippen molar-refractivity contribution >= 4 is 23.1 Å². The lowest BCUT2D eigenvalue weighted by molar-refractivity contribution is -0.125. The molecule has 4 rings (SSSR count). The first kappa shape index (κ1) is 18.3. The molecule has 26 heavy (non-hydrogen) atoms. The van der Waals surface area contributed by atoms with Crippen molar-refractivity contribution in [1.82, 2.24) is 0 Å². The molecule has 0 saturated carbocycles. The third kappa shape index (κ3) is 3.18. The number of hydrogen-bond donors (Lipinski definition) is 2. The molecule has 2 unspecified atom stereocenters. The first-order valence-electron chi connectivity index (χ1n) is 8.94. The molecule has 2 N–H and O–H groups in total. The van der Waals surface area contributed by atoms with Crippen molar-refractivity contribution in [1.29, 1.82) is 0 Å². The Kier molecular flexibility index (Phi) is 5.05. The molecule has 1 spiro atoms. The minimum Gasteiger partial charge on any atom is -0.497 e. The summed E-state index contributed by atoms with van der Waals surface area (Å²) in [5.41, 5.74) is 2.28. The van der Waals surface area contributed by atoms with E-state index in [2.05, 4.69) is 25.1 Å². The Morgan fingerprint density at radius 2 is 2.04 bits per heavy atom. The van der Waals surface area contributed by atoms with Crippen molar-refractivity contribution in [2.45, 2.75) is 48.6 Å². The fraction of sp³-hybridized carbons (Fsp3) is 0.500. The molecule has 0 aliphatic carbocycles. The van der Waals surface area contributed by atoms with E-state index in [-0.39, 0.29) is 5.25 Å². The molecular weight excluding hydrogens is 368 g/mol. The van der Waals surface area contributed by atoms with Gasteiger partial charge in [0.05, 0.1) is 19.8 Å². The predicted octanol–water partition coefficient (Wildman–Crippen LogP) is 3.32.